The number of thioether (sulfide) groups is 1. The molecule has 0 atom stereocenters. The molecule has 8 heteroatoms. The average Bonchev–Trinajstić information content (AvgIpc) is 2.96. The van der Waals surface area contributed by atoms with Crippen molar-refractivity contribution < 1.29 is 9.53 Å². The van der Waals surface area contributed by atoms with Crippen molar-refractivity contribution in [1.29, 1.82) is 0 Å². The number of carbonyl (C=O) groups excluding carboxylic acids is 1. The van der Waals surface area contributed by atoms with Crippen LogP contribution in [-0.2, 0) is 16.1 Å². The normalized spacial score (nSPS) is 15.2. The van der Waals surface area contributed by atoms with Crippen molar-refractivity contribution in [3.05, 3.63) is 0 Å². The molecule has 1 N–H and O–H groups in total. The van der Waals surface area contributed by atoms with Gasteiger partial charge in [0.05, 0.1) is 19.0 Å². The quantitative estimate of drug-likeness (QED) is 0.721. The van der Waals surface area contributed by atoms with Gasteiger partial charge in [-0.25, -0.2) is 0 Å². The zero-order chi connectivity index (χ0) is 16.7. The van der Waals surface area contributed by atoms with Gasteiger partial charge in [-0.2, -0.15) is 0 Å². The number of morpholine rings is 1. The molecule has 0 saturated carbocycles. The summed E-state index contributed by atoms with van der Waals surface area (Å²) in [6.45, 7) is 11.0. The van der Waals surface area contributed by atoms with Crippen molar-refractivity contribution in [3.63, 3.8) is 0 Å². The third kappa shape index (κ3) is 5.39. The molecule has 2 rings (SSSR count). The Labute approximate surface area is 142 Å². The molecule has 130 valence electrons. The van der Waals surface area contributed by atoms with E-state index in [-0.39, 0.29) is 5.91 Å². The number of anilines is 1. The van der Waals surface area contributed by atoms with Gasteiger partial charge in [0.25, 0.3) is 0 Å². The summed E-state index contributed by atoms with van der Waals surface area (Å²) < 4.78 is 7.44. The van der Waals surface area contributed by atoms with Crippen molar-refractivity contribution in [3.8, 4) is 0 Å². The molecule has 0 aliphatic carbocycles. The summed E-state index contributed by atoms with van der Waals surface area (Å²) in [4.78, 5) is 14.1. The van der Waals surface area contributed by atoms with Crippen molar-refractivity contribution in [2.45, 2.75) is 38.9 Å². The van der Waals surface area contributed by atoms with E-state index >= 15 is 0 Å². The predicted molar refractivity (Wildman–Crippen MR) is 91.9 cm³/mol. The van der Waals surface area contributed by atoms with E-state index in [0.29, 0.717) is 11.7 Å². The lowest BCUT2D eigenvalue weighted by atomic mass is 10.1. The monoisotopic (exact) mass is 341 g/mol. The van der Waals surface area contributed by atoms with E-state index in [2.05, 4.69) is 45.8 Å². The van der Waals surface area contributed by atoms with E-state index < -0.39 is 0 Å². The third-order valence-electron chi connectivity index (χ3n) is 3.68. The minimum atomic E-state index is 0.0502. The number of hydrogen-bond donors (Lipinski definition) is 1. The zero-order valence-electron chi connectivity index (χ0n) is 14.2. The van der Waals surface area contributed by atoms with Gasteiger partial charge in [-0.05, 0) is 19.3 Å². The Morgan fingerprint density at radius 3 is 2.74 bits per heavy atom. The van der Waals surface area contributed by atoms with Crippen LogP contribution in [0.1, 0.15) is 27.2 Å². The molecule has 7 nitrogen and oxygen atoms in total. The molecule has 1 fully saturated rings. The Balaban J connectivity index is 1.87. The molecule has 1 aliphatic rings. The standard InChI is InChI=1S/C15H27N5O2S/c1-4-20-14(19-7-9-22-10-8-19)17-18-15(20)23-11-13(21)16-6-5-12(2)3/h12H,4-11H2,1-3H3,(H,16,21). The number of nitrogens with one attached hydrogen (secondary N) is 1. The molecular formula is C15H27N5O2S. The maximum atomic E-state index is 11.9. The summed E-state index contributed by atoms with van der Waals surface area (Å²) in [7, 11) is 0. The maximum absolute atomic E-state index is 11.9. The summed E-state index contributed by atoms with van der Waals surface area (Å²) in [6, 6.07) is 0. The number of amides is 1. The molecule has 0 radical (unpaired) electrons. The zero-order valence-corrected chi connectivity index (χ0v) is 15.1. The summed E-state index contributed by atoms with van der Waals surface area (Å²) in [5.74, 6) is 1.90. The van der Waals surface area contributed by atoms with E-state index in [1.165, 1.54) is 11.8 Å². The topological polar surface area (TPSA) is 72.3 Å². The van der Waals surface area contributed by atoms with Gasteiger partial charge in [-0.1, -0.05) is 25.6 Å². The van der Waals surface area contributed by atoms with Crippen LogP contribution in [0.4, 0.5) is 5.95 Å². The molecule has 1 saturated heterocycles. The molecule has 0 spiro atoms. The highest BCUT2D eigenvalue weighted by Gasteiger charge is 2.20. The predicted octanol–water partition coefficient (Wildman–Crippen LogP) is 1.39. The Morgan fingerprint density at radius 1 is 1.35 bits per heavy atom. The Hall–Kier alpha value is -1.28. The van der Waals surface area contributed by atoms with Gasteiger partial charge in [-0.3, -0.25) is 9.36 Å². The van der Waals surface area contributed by atoms with Gasteiger partial charge in [0.1, 0.15) is 0 Å². The molecule has 0 unspecified atom stereocenters. The van der Waals surface area contributed by atoms with Gasteiger partial charge in [0, 0.05) is 26.2 Å². The minimum Gasteiger partial charge on any atom is -0.378 e. The first-order valence-corrected chi connectivity index (χ1v) is 9.25. The minimum absolute atomic E-state index is 0.0502. The number of rotatable bonds is 8. The van der Waals surface area contributed by atoms with Crippen LogP contribution in [-0.4, -0.2) is 59.3 Å². The average molecular weight is 341 g/mol. The fourth-order valence-electron chi connectivity index (χ4n) is 2.34. The summed E-state index contributed by atoms with van der Waals surface area (Å²) >= 11 is 1.44. The number of aromatic nitrogens is 3. The van der Waals surface area contributed by atoms with Crippen LogP contribution >= 0.6 is 11.8 Å². The molecule has 0 bridgehead atoms. The van der Waals surface area contributed by atoms with Crippen LogP contribution in [0.2, 0.25) is 0 Å². The summed E-state index contributed by atoms with van der Waals surface area (Å²) in [5.41, 5.74) is 0. The number of nitrogens with zero attached hydrogens (tertiary/aromatic N) is 4. The molecule has 23 heavy (non-hydrogen) atoms. The first kappa shape index (κ1) is 18.1. The van der Waals surface area contributed by atoms with E-state index in [1.54, 1.807) is 0 Å². The van der Waals surface area contributed by atoms with Crippen LogP contribution < -0.4 is 10.2 Å². The van der Waals surface area contributed by atoms with Gasteiger partial charge in [0.2, 0.25) is 11.9 Å². The highest BCUT2D eigenvalue weighted by atomic mass is 32.2. The molecule has 1 aliphatic heterocycles. The van der Waals surface area contributed by atoms with Gasteiger partial charge >= 0.3 is 0 Å². The van der Waals surface area contributed by atoms with Gasteiger partial charge in [-0.15, -0.1) is 10.2 Å². The fraction of sp³-hybridized carbons (Fsp3) is 0.800. The Morgan fingerprint density at radius 2 is 2.09 bits per heavy atom. The van der Waals surface area contributed by atoms with Crippen molar-refractivity contribution in [2.24, 2.45) is 5.92 Å². The molecule has 2 heterocycles. The summed E-state index contributed by atoms with van der Waals surface area (Å²) in [5, 5.41) is 12.3. The first-order chi connectivity index (χ1) is 11.1. The van der Waals surface area contributed by atoms with E-state index in [9.17, 15) is 4.79 Å². The molecule has 1 aromatic heterocycles. The van der Waals surface area contributed by atoms with Crippen LogP contribution in [0.25, 0.3) is 0 Å². The Kier molecular flexibility index (Phi) is 7.16. The second-order valence-corrected chi connectivity index (χ2v) is 6.89. The van der Waals surface area contributed by atoms with Crippen LogP contribution in [0.15, 0.2) is 5.16 Å². The highest BCUT2D eigenvalue weighted by Crippen LogP contribution is 2.22. The van der Waals surface area contributed by atoms with E-state index in [1.807, 2.05) is 0 Å². The molecule has 0 aromatic carbocycles. The maximum Gasteiger partial charge on any atom is 0.230 e. The second kappa shape index (κ2) is 9.12. The molecular weight excluding hydrogens is 314 g/mol. The first-order valence-electron chi connectivity index (χ1n) is 8.27. The van der Waals surface area contributed by atoms with E-state index in [0.717, 1.165) is 56.9 Å². The number of ether oxygens (including phenoxy) is 1. The summed E-state index contributed by atoms with van der Waals surface area (Å²) in [6.07, 6.45) is 1.00. The van der Waals surface area contributed by atoms with E-state index in [4.69, 9.17) is 4.74 Å². The lowest BCUT2D eigenvalue weighted by molar-refractivity contribution is -0.118. The Bertz CT molecular complexity index is 500. The molecule has 1 amide bonds. The highest BCUT2D eigenvalue weighted by molar-refractivity contribution is 7.99. The van der Waals surface area contributed by atoms with Crippen molar-refractivity contribution in [1.82, 2.24) is 20.1 Å². The largest absolute Gasteiger partial charge is 0.378 e. The number of hydrogen-bond acceptors (Lipinski definition) is 6. The smallest absolute Gasteiger partial charge is 0.230 e. The SMILES string of the molecule is CCn1c(SCC(=O)NCCC(C)C)nnc1N1CCOCC1. The number of carbonyl (C=O) groups is 1. The van der Waals surface area contributed by atoms with Crippen LogP contribution in [0.5, 0.6) is 0 Å². The fourth-order valence-corrected chi connectivity index (χ4v) is 3.17. The van der Waals surface area contributed by atoms with Gasteiger partial charge in [0.15, 0.2) is 5.16 Å². The van der Waals surface area contributed by atoms with Crippen LogP contribution in [0, 0.1) is 5.92 Å². The molecule has 1 aromatic rings. The van der Waals surface area contributed by atoms with Crippen molar-refractivity contribution >= 4 is 23.6 Å². The van der Waals surface area contributed by atoms with Crippen molar-refractivity contribution in [2.75, 3.05) is 43.5 Å². The lowest BCUT2D eigenvalue weighted by Crippen LogP contribution is -2.38. The van der Waals surface area contributed by atoms with Gasteiger partial charge < -0.3 is 15.0 Å². The third-order valence-corrected chi connectivity index (χ3v) is 4.65. The second-order valence-electron chi connectivity index (χ2n) is 5.95. The van der Waals surface area contributed by atoms with Crippen LogP contribution in [0.3, 0.4) is 0 Å². The lowest BCUT2D eigenvalue weighted by Gasteiger charge is -2.27.